The third kappa shape index (κ3) is 3.27. The van der Waals surface area contributed by atoms with Gasteiger partial charge in [0.05, 0.1) is 25.1 Å². The average molecular weight is 246 g/mol. The molecule has 1 heterocycles. The lowest BCUT2D eigenvalue weighted by molar-refractivity contribution is -0.137. The first-order chi connectivity index (χ1) is 7.54. The van der Waals surface area contributed by atoms with Gasteiger partial charge in [-0.1, -0.05) is 0 Å². The van der Waals surface area contributed by atoms with Gasteiger partial charge in [0.25, 0.3) is 0 Å². The number of rotatable bonds is 5. The number of nitrogens with zero attached hydrogens (tertiary/aromatic N) is 1. The molecule has 0 fully saturated rings. The van der Waals surface area contributed by atoms with Crippen LogP contribution >= 0.6 is 11.6 Å². The standard InChI is InChI=1S/C10H12ClNO4/c1-12-6-9(16-3-2-10(14)15)8(13)4-7(12)5-11/h4,6H,2-3,5H2,1H3,(H,14,15). The number of ether oxygens (including phenoxy) is 1. The summed E-state index contributed by atoms with van der Waals surface area (Å²) < 4.78 is 6.74. The largest absolute Gasteiger partial charge is 0.487 e. The molecule has 1 aromatic rings. The van der Waals surface area contributed by atoms with Gasteiger partial charge in [-0.2, -0.15) is 0 Å². The van der Waals surface area contributed by atoms with Crippen LogP contribution < -0.4 is 10.2 Å². The van der Waals surface area contributed by atoms with Gasteiger partial charge >= 0.3 is 5.97 Å². The van der Waals surface area contributed by atoms with E-state index in [2.05, 4.69) is 0 Å². The molecule has 16 heavy (non-hydrogen) atoms. The second-order valence-corrected chi connectivity index (χ2v) is 3.50. The van der Waals surface area contributed by atoms with Gasteiger partial charge < -0.3 is 14.4 Å². The highest BCUT2D eigenvalue weighted by Gasteiger charge is 2.05. The summed E-state index contributed by atoms with van der Waals surface area (Å²) in [5.41, 5.74) is 0.386. The fourth-order valence-electron chi connectivity index (χ4n) is 1.14. The molecular formula is C10H12ClNO4. The molecule has 0 saturated heterocycles. The summed E-state index contributed by atoms with van der Waals surface area (Å²) >= 11 is 5.62. The number of carboxylic acids is 1. The van der Waals surface area contributed by atoms with Crippen LogP contribution in [0.3, 0.4) is 0 Å². The Bertz CT molecular complexity index is 441. The highest BCUT2D eigenvalue weighted by Crippen LogP contribution is 2.07. The molecule has 0 amide bonds. The average Bonchev–Trinajstić information content (AvgIpc) is 2.22. The summed E-state index contributed by atoms with van der Waals surface area (Å²) in [7, 11) is 1.74. The summed E-state index contributed by atoms with van der Waals surface area (Å²) in [6.07, 6.45) is 1.36. The minimum absolute atomic E-state index is 0.0230. The second kappa shape index (κ2) is 5.55. The van der Waals surface area contributed by atoms with E-state index in [4.69, 9.17) is 21.4 Å². The van der Waals surface area contributed by atoms with E-state index in [9.17, 15) is 9.59 Å². The lowest BCUT2D eigenvalue weighted by Crippen LogP contribution is -2.14. The smallest absolute Gasteiger partial charge is 0.306 e. The summed E-state index contributed by atoms with van der Waals surface area (Å²) in [6, 6.07) is 1.38. The van der Waals surface area contributed by atoms with Gasteiger partial charge in [-0.05, 0) is 0 Å². The van der Waals surface area contributed by atoms with Crippen molar-refractivity contribution in [2.24, 2.45) is 7.05 Å². The molecular weight excluding hydrogens is 234 g/mol. The van der Waals surface area contributed by atoms with Crippen molar-refractivity contribution in [3.8, 4) is 5.75 Å². The number of pyridine rings is 1. The van der Waals surface area contributed by atoms with Crippen molar-refractivity contribution in [1.29, 1.82) is 0 Å². The van der Waals surface area contributed by atoms with Crippen molar-refractivity contribution in [2.45, 2.75) is 12.3 Å². The maximum Gasteiger partial charge on any atom is 0.306 e. The minimum Gasteiger partial charge on any atom is -0.487 e. The van der Waals surface area contributed by atoms with Crippen molar-refractivity contribution in [2.75, 3.05) is 6.61 Å². The lowest BCUT2D eigenvalue weighted by atomic mass is 10.3. The van der Waals surface area contributed by atoms with E-state index in [1.165, 1.54) is 12.3 Å². The van der Waals surface area contributed by atoms with Crippen LogP contribution in [0.1, 0.15) is 12.1 Å². The number of hydrogen-bond donors (Lipinski definition) is 1. The molecule has 0 bridgehead atoms. The zero-order valence-electron chi connectivity index (χ0n) is 8.77. The molecule has 6 heteroatoms. The third-order valence-corrected chi connectivity index (χ3v) is 2.29. The Balaban J connectivity index is 2.78. The topological polar surface area (TPSA) is 68.5 Å². The molecule has 0 unspecified atom stereocenters. The molecule has 0 spiro atoms. The van der Waals surface area contributed by atoms with Crippen molar-refractivity contribution >= 4 is 17.6 Å². The molecule has 5 nitrogen and oxygen atoms in total. The quantitative estimate of drug-likeness (QED) is 0.785. The Labute approximate surface area is 97.2 Å². The van der Waals surface area contributed by atoms with Crippen molar-refractivity contribution in [3.63, 3.8) is 0 Å². The predicted octanol–water partition coefficient (Wildman–Crippen LogP) is 0.978. The number of halogens is 1. The molecule has 1 aromatic heterocycles. The minimum atomic E-state index is -0.964. The monoisotopic (exact) mass is 245 g/mol. The van der Waals surface area contributed by atoms with Gasteiger partial charge in [0.15, 0.2) is 5.75 Å². The number of carbonyl (C=O) groups is 1. The van der Waals surface area contributed by atoms with Crippen LogP contribution in [0.4, 0.5) is 0 Å². The molecule has 0 saturated carbocycles. The number of alkyl halides is 1. The van der Waals surface area contributed by atoms with Gasteiger partial charge in [-0.25, -0.2) is 0 Å². The van der Waals surface area contributed by atoms with Crippen LogP contribution in [-0.2, 0) is 17.7 Å². The third-order valence-electron chi connectivity index (χ3n) is 2.01. The van der Waals surface area contributed by atoms with Crippen LogP contribution in [0.25, 0.3) is 0 Å². The first kappa shape index (κ1) is 12.6. The number of carboxylic acid groups (broad SMARTS) is 1. The fraction of sp³-hybridized carbons (Fsp3) is 0.400. The van der Waals surface area contributed by atoms with E-state index in [1.54, 1.807) is 11.6 Å². The summed E-state index contributed by atoms with van der Waals surface area (Å²) in [6.45, 7) is -0.0230. The Hall–Kier alpha value is -1.49. The highest BCUT2D eigenvalue weighted by atomic mass is 35.5. The van der Waals surface area contributed by atoms with Crippen molar-refractivity contribution in [1.82, 2.24) is 4.57 Å². The van der Waals surface area contributed by atoms with Crippen LogP contribution in [0, 0.1) is 0 Å². The van der Waals surface area contributed by atoms with E-state index < -0.39 is 5.97 Å². The van der Waals surface area contributed by atoms with Gasteiger partial charge in [0.1, 0.15) is 0 Å². The van der Waals surface area contributed by atoms with Gasteiger partial charge in [0, 0.05) is 18.8 Å². The maximum atomic E-state index is 11.5. The Morgan fingerprint density at radius 1 is 1.62 bits per heavy atom. The fourth-order valence-corrected chi connectivity index (χ4v) is 1.40. The van der Waals surface area contributed by atoms with E-state index in [-0.39, 0.29) is 30.1 Å². The van der Waals surface area contributed by atoms with Crippen molar-refractivity contribution in [3.05, 3.63) is 28.2 Å². The predicted molar refractivity (Wildman–Crippen MR) is 59.0 cm³/mol. The van der Waals surface area contributed by atoms with Gasteiger partial charge in [-0.3, -0.25) is 9.59 Å². The van der Waals surface area contributed by atoms with Crippen molar-refractivity contribution < 1.29 is 14.6 Å². The molecule has 0 atom stereocenters. The highest BCUT2D eigenvalue weighted by molar-refractivity contribution is 6.16. The second-order valence-electron chi connectivity index (χ2n) is 3.23. The normalized spacial score (nSPS) is 10.1. The number of aromatic nitrogens is 1. The van der Waals surface area contributed by atoms with E-state index in [0.717, 1.165) is 0 Å². The van der Waals surface area contributed by atoms with E-state index in [0.29, 0.717) is 5.69 Å². The van der Waals surface area contributed by atoms with E-state index >= 15 is 0 Å². The van der Waals surface area contributed by atoms with Crippen LogP contribution in [0.15, 0.2) is 17.1 Å². The SMILES string of the molecule is Cn1cc(OCCC(=O)O)c(=O)cc1CCl. The van der Waals surface area contributed by atoms with Crippen LogP contribution in [-0.4, -0.2) is 22.2 Å². The number of hydrogen-bond acceptors (Lipinski definition) is 3. The summed E-state index contributed by atoms with van der Waals surface area (Å²) in [5, 5.41) is 8.42. The molecule has 88 valence electrons. The molecule has 0 aromatic carbocycles. The lowest BCUT2D eigenvalue weighted by Gasteiger charge is -2.09. The molecule has 0 aliphatic carbocycles. The van der Waals surface area contributed by atoms with Gasteiger partial charge in [0.2, 0.25) is 5.43 Å². The maximum absolute atomic E-state index is 11.5. The Morgan fingerprint density at radius 2 is 2.31 bits per heavy atom. The molecule has 0 aliphatic rings. The zero-order chi connectivity index (χ0) is 12.1. The molecule has 1 rings (SSSR count). The first-order valence-electron chi connectivity index (χ1n) is 4.64. The molecule has 0 aliphatic heterocycles. The number of aliphatic carboxylic acids is 1. The Morgan fingerprint density at radius 3 is 2.88 bits per heavy atom. The summed E-state index contributed by atoms with van der Waals surface area (Å²) in [5.74, 6) is -0.590. The zero-order valence-corrected chi connectivity index (χ0v) is 9.53. The Kier molecular flexibility index (Phi) is 4.37. The molecule has 1 N–H and O–H groups in total. The van der Waals surface area contributed by atoms with Gasteiger partial charge in [-0.15, -0.1) is 11.6 Å². The van der Waals surface area contributed by atoms with E-state index in [1.807, 2.05) is 0 Å². The summed E-state index contributed by atoms with van der Waals surface area (Å²) in [4.78, 5) is 21.7. The van der Waals surface area contributed by atoms with Crippen LogP contribution in [0.2, 0.25) is 0 Å². The number of aryl methyl sites for hydroxylation is 1. The van der Waals surface area contributed by atoms with Crippen LogP contribution in [0.5, 0.6) is 5.75 Å². The molecule has 0 radical (unpaired) electrons. The first-order valence-corrected chi connectivity index (χ1v) is 5.18.